The molecule has 2 N–H and O–H groups in total. The van der Waals surface area contributed by atoms with Crippen molar-refractivity contribution in [1.29, 1.82) is 0 Å². The molecule has 0 aliphatic carbocycles. The quantitative estimate of drug-likeness (QED) is 0.565. The Morgan fingerprint density at radius 2 is 2.08 bits per heavy atom. The fourth-order valence-corrected chi connectivity index (χ4v) is 1.26. The number of rotatable bonds is 1. The van der Waals surface area contributed by atoms with E-state index >= 15 is 0 Å². The molecule has 0 amide bonds. The predicted octanol–water partition coefficient (Wildman–Crippen LogP) is -0.894. The summed E-state index contributed by atoms with van der Waals surface area (Å²) >= 11 is 0. The molecule has 1 unspecified atom stereocenters. The van der Waals surface area contributed by atoms with Crippen LogP contribution in [0.5, 0.6) is 0 Å². The lowest BCUT2D eigenvalue weighted by Gasteiger charge is -2.22. The number of nitrogens with zero attached hydrogens (tertiary/aromatic N) is 3. The van der Waals surface area contributed by atoms with E-state index in [1.54, 1.807) is 0 Å². The largest absolute Gasteiger partial charge is 0.313 e. The van der Waals surface area contributed by atoms with Crippen molar-refractivity contribution in [2.75, 3.05) is 19.6 Å². The van der Waals surface area contributed by atoms with Crippen molar-refractivity contribution in [3.8, 4) is 0 Å². The van der Waals surface area contributed by atoms with Gasteiger partial charge < -0.3 is 10.6 Å². The Bertz CT molecular complexity index is 231. The molecule has 5 heteroatoms. The minimum absolute atomic E-state index is 0.238. The second-order valence-electron chi connectivity index (χ2n) is 2.71. The topological polar surface area (TPSA) is 62.7 Å². The molecule has 1 atom stereocenters. The highest BCUT2D eigenvalue weighted by atomic mass is 15.1. The van der Waals surface area contributed by atoms with Gasteiger partial charge in [0.25, 0.3) is 0 Å². The van der Waals surface area contributed by atoms with Gasteiger partial charge in [0, 0.05) is 19.6 Å². The van der Waals surface area contributed by atoms with E-state index in [-0.39, 0.29) is 6.04 Å². The zero-order chi connectivity index (χ0) is 8.23. The van der Waals surface area contributed by atoms with Gasteiger partial charge in [0.1, 0.15) is 18.5 Å². The monoisotopic (exact) mass is 165 g/mol. The SMILES string of the molecule is c1ncnc(C2CNCCN2)n1. The molecule has 0 bridgehead atoms. The Kier molecular flexibility index (Phi) is 2.24. The van der Waals surface area contributed by atoms with Crippen LogP contribution in [0, 0.1) is 0 Å². The second-order valence-corrected chi connectivity index (χ2v) is 2.71. The minimum atomic E-state index is 0.238. The van der Waals surface area contributed by atoms with Gasteiger partial charge in [0.15, 0.2) is 0 Å². The molecule has 1 aliphatic heterocycles. The Morgan fingerprint density at radius 3 is 2.75 bits per heavy atom. The van der Waals surface area contributed by atoms with Gasteiger partial charge in [-0.25, -0.2) is 15.0 Å². The third-order valence-corrected chi connectivity index (χ3v) is 1.87. The molecule has 12 heavy (non-hydrogen) atoms. The molecule has 0 aromatic carbocycles. The molecule has 64 valence electrons. The van der Waals surface area contributed by atoms with Crippen molar-refractivity contribution in [3.63, 3.8) is 0 Å². The lowest BCUT2D eigenvalue weighted by atomic mass is 10.2. The van der Waals surface area contributed by atoms with Gasteiger partial charge in [0.2, 0.25) is 0 Å². The van der Waals surface area contributed by atoms with Gasteiger partial charge in [-0.3, -0.25) is 0 Å². The predicted molar refractivity (Wildman–Crippen MR) is 43.4 cm³/mol. The van der Waals surface area contributed by atoms with Crippen LogP contribution in [0.4, 0.5) is 0 Å². The summed E-state index contributed by atoms with van der Waals surface area (Å²) in [6.45, 7) is 2.88. The van der Waals surface area contributed by atoms with Crippen LogP contribution in [-0.4, -0.2) is 34.6 Å². The van der Waals surface area contributed by atoms with Crippen molar-refractivity contribution in [2.45, 2.75) is 6.04 Å². The first kappa shape index (κ1) is 7.57. The highest BCUT2D eigenvalue weighted by molar-refractivity contribution is 4.94. The maximum Gasteiger partial charge on any atom is 0.150 e. The minimum Gasteiger partial charge on any atom is -0.313 e. The van der Waals surface area contributed by atoms with Gasteiger partial charge in [-0.2, -0.15) is 0 Å². The maximum atomic E-state index is 4.08. The lowest BCUT2D eigenvalue weighted by molar-refractivity contribution is 0.414. The van der Waals surface area contributed by atoms with E-state index in [2.05, 4.69) is 25.6 Å². The van der Waals surface area contributed by atoms with Crippen LogP contribution in [0.25, 0.3) is 0 Å². The smallest absolute Gasteiger partial charge is 0.150 e. The van der Waals surface area contributed by atoms with Crippen LogP contribution in [-0.2, 0) is 0 Å². The molecular weight excluding hydrogens is 154 g/mol. The Hall–Kier alpha value is -1.07. The van der Waals surface area contributed by atoms with E-state index in [1.807, 2.05) is 0 Å². The third-order valence-electron chi connectivity index (χ3n) is 1.87. The molecule has 0 saturated carbocycles. The van der Waals surface area contributed by atoms with Crippen LogP contribution in [0.3, 0.4) is 0 Å². The summed E-state index contributed by atoms with van der Waals surface area (Å²) in [5.41, 5.74) is 0. The van der Waals surface area contributed by atoms with Crippen LogP contribution in [0.2, 0.25) is 0 Å². The molecule has 1 saturated heterocycles. The van der Waals surface area contributed by atoms with E-state index in [1.165, 1.54) is 12.7 Å². The second kappa shape index (κ2) is 3.55. The summed E-state index contributed by atoms with van der Waals surface area (Å²) in [5.74, 6) is 0.817. The number of hydrogen-bond acceptors (Lipinski definition) is 5. The zero-order valence-corrected chi connectivity index (χ0v) is 6.70. The summed E-state index contributed by atoms with van der Waals surface area (Å²) < 4.78 is 0. The van der Waals surface area contributed by atoms with Gasteiger partial charge in [-0.15, -0.1) is 0 Å². The summed E-state index contributed by atoms with van der Waals surface area (Å²) in [6.07, 6.45) is 3.05. The van der Waals surface area contributed by atoms with Crippen molar-refractivity contribution in [3.05, 3.63) is 18.5 Å². The summed E-state index contributed by atoms with van der Waals surface area (Å²) in [6, 6.07) is 0.238. The fourth-order valence-electron chi connectivity index (χ4n) is 1.26. The molecule has 1 aliphatic rings. The number of nitrogens with one attached hydrogen (secondary N) is 2. The number of aromatic nitrogens is 3. The molecule has 1 aromatic heterocycles. The van der Waals surface area contributed by atoms with Gasteiger partial charge in [0.05, 0.1) is 6.04 Å². The summed E-state index contributed by atoms with van der Waals surface area (Å²) in [5, 5.41) is 6.59. The van der Waals surface area contributed by atoms with E-state index in [0.717, 1.165) is 25.5 Å². The standard InChI is InChI=1S/C7H11N5/c1-2-10-6(3-8-1)7-11-4-9-5-12-7/h4-6,8,10H,1-3H2. The lowest BCUT2D eigenvalue weighted by Crippen LogP contribution is -2.43. The maximum absolute atomic E-state index is 4.08. The molecule has 0 spiro atoms. The van der Waals surface area contributed by atoms with Crippen LogP contribution >= 0.6 is 0 Å². The van der Waals surface area contributed by atoms with Gasteiger partial charge in [-0.05, 0) is 0 Å². The first-order valence-electron chi connectivity index (χ1n) is 4.03. The van der Waals surface area contributed by atoms with Crippen molar-refractivity contribution in [1.82, 2.24) is 25.6 Å². The van der Waals surface area contributed by atoms with Crippen LogP contribution < -0.4 is 10.6 Å². The zero-order valence-electron chi connectivity index (χ0n) is 6.70. The summed E-state index contributed by atoms with van der Waals surface area (Å²) in [7, 11) is 0. The van der Waals surface area contributed by atoms with Crippen molar-refractivity contribution < 1.29 is 0 Å². The van der Waals surface area contributed by atoms with E-state index in [0.29, 0.717) is 0 Å². The van der Waals surface area contributed by atoms with Crippen LogP contribution in [0.1, 0.15) is 11.9 Å². The normalized spacial score (nSPS) is 23.8. The molecule has 0 radical (unpaired) electrons. The molecule has 2 heterocycles. The van der Waals surface area contributed by atoms with Crippen LogP contribution in [0.15, 0.2) is 12.7 Å². The third kappa shape index (κ3) is 1.57. The fraction of sp³-hybridized carbons (Fsp3) is 0.571. The average molecular weight is 165 g/mol. The Morgan fingerprint density at radius 1 is 1.25 bits per heavy atom. The summed E-state index contributed by atoms with van der Waals surface area (Å²) in [4.78, 5) is 11.9. The average Bonchev–Trinajstić information content (AvgIpc) is 2.21. The number of hydrogen-bond donors (Lipinski definition) is 2. The molecular formula is C7H11N5. The van der Waals surface area contributed by atoms with Gasteiger partial charge >= 0.3 is 0 Å². The first-order valence-corrected chi connectivity index (χ1v) is 4.03. The number of piperazine rings is 1. The van der Waals surface area contributed by atoms with E-state index < -0.39 is 0 Å². The van der Waals surface area contributed by atoms with Crippen molar-refractivity contribution in [2.24, 2.45) is 0 Å². The Labute approximate surface area is 70.6 Å². The molecule has 5 nitrogen and oxygen atoms in total. The van der Waals surface area contributed by atoms with Gasteiger partial charge in [-0.1, -0.05) is 0 Å². The highest BCUT2D eigenvalue weighted by Crippen LogP contribution is 2.05. The molecule has 1 fully saturated rings. The van der Waals surface area contributed by atoms with Crippen molar-refractivity contribution >= 4 is 0 Å². The van der Waals surface area contributed by atoms with E-state index in [4.69, 9.17) is 0 Å². The molecule has 2 rings (SSSR count). The highest BCUT2D eigenvalue weighted by Gasteiger charge is 2.15. The van der Waals surface area contributed by atoms with E-state index in [9.17, 15) is 0 Å². The molecule has 1 aromatic rings. The Balaban J connectivity index is 2.08. The first-order chi connectivity index (χ1) is 5.97.